The monoisotopic (exact) mass is 243 g/mol. The Bertz CT molecular complexity index is 307. The van der Waals surface area contributed by atoms with E-state index in [4.69, 9.17) is 0 Å². The average molecular weight is 243 g/mol. The number of halogens is 2. The van der Waals surface area contributed by atoms with Crippen LogP contribution in [-0.2, 0) is 10.0 Å². The van der Waals surface area contributed by atoms with Gasteiger partial charge in [-0.25, -0.2) is 8.42 Å². The van der Waals surface area contributed by atoms with Crippen molar-refractivity contribution in [2.75, 3.05) is 13.1 Å². The van der Waals surface area contributed by atoms with E-state index in [1.165, 1.54) is 0 Å². The molecule has 1 rings (SSSR count). The lowest BCUT2D eigenvalue weighted by Crippen LogP contribution is -2.47. The number of hydrogen-bond donors (Lipinski definition) is 1. The van der Waals surface area contributed by atoms with Gasteiger partial charge in [0.15, 0.2) is 0 Å². The van der Waals surface area contributed by atoms with E-state index in [9.17, 15) is 22.3 Å². The average Bonchev–Trinajstić information content (AvgIpc) is 2.18. The highest BCUT2D eigenvalue weighted by atomic mass is 32.2. The lowest BCUT2D eigenvalue weighted by Gasteiger charge is -2.34. The highest BCUT2D eigenvalue weighted by molar-refractivity contribution is 7.89. The molecule has 0 aromatic rings. The van der Waals surface area contributed by atoms with E-state index < -0.39 is 21.9 Å². The standard InChI is InChI=1S/C8H15F2NO3S/c1-2-6-5-11(4-3-7(6)12)15(13,14)8(9)10/h6-8,12H,2-5H2,1H3. The fourth-order valence-corrected chi connectivity index (χ4v) is 2.72. The zero-order valence-electron chi connectivity index (χ0n) is 8.44. The van der Waals surface area contributed by atoms with Gasteiger partial charge in [-0.3, -0.25) is 0 Å². The van der Waals surface area contributed by atoms with E-state index in [1.54, 1.807) is 6.92 Å². The topological polar surface area (TPSA) is 57.6 Å². The van der Waals surface area contributed by atoms with Crippen molar-refractivity contribution in [3.8, 4) is 0 Å². The molecule has 0 aliphatic carbocycles. The minimum atomic E-state index is -4.48. The second-order valence-corrected chi connectivity index (χ2v) is 5.59. The lowest BCUT2D eigenvalue weighted by atomic mass is 9.94. The maximum Gasteiger partial charge on any atom is 0.350 e. The predicted octanol–water partition coefficient (Wildman–Crippen LogP) is 0.632. The van der Waals surface area contributed by atoms with E-state index in [-0.39, 0.29) is 25.4 Å². The first kappa shape index (κ1) is 12.8. The number of sulfonamides is 1. The van der Waals surface area contributed by atoms with Crippen LogP contribution in [0.1, 0.15) is 19.8 Å². The van der Waals surface area contributed by atoms with Crippen LogP contribution in [0.2, 0.25) is 0 Å². The maximum absolute atomic E-state index is 12.2. The molecule has 1 saturated heterocycles. The molecule has 4 nitrogen and oxygen atoms in total. The summed E-state index contributed by atoms with van der Waals surface area (Å²) >= 11 is 0. The summed E-state index contributed by atoms with van der Waals surface area (Å²) < 4.78 is 47.5. The quantitative estimate of drug-likeness (QED) is 0.791. The Morgan fingerprint density at radius 2 is 2.13 bits per heavy atom. The number of piperidine rings is 1. The van der Waals surface area contributed by atoms with Crippen molar-refractivity contribution in [3.05, 3.63) is 0 Å². The van der Waals surface area contributed by atoms with Gasteiger partial charge in [-0.15, -0.1) is 0 Å². The first-order valence-electron chi connectivity index (χ1n) is 4.84. The van der Waals surface area contributed by atoms with E-state index in [1.807, 2.05) is 0 Å². The molecule has 1 fully saturated rings. The molecule has 2 unspecified atom stereocenters. The smallest absolute Gasteiger partial charge is 0.350 e. The summed E-state index contributed by atoms with van der Waals surface area (Å²) in [5.41, 5.74) is 0. The van der Waals surface area contributed by atoms with Gasteiger partial charge in [0, 0.05) is 13.1 Å². The highest BCUT2D eigenvalue weighted by Gasteiger charge is 2.37. The molecule has 0 radical (unpaired) electrons. The van der Waals surface area contributed by atoms with Crippen LogP contribution in [0.3, 0.4) is 0 Å². The summed E-state index contributed by atoms with van der Waals surface area (Å²) in [5, 5.41) is 9.48. The van der Waals surface area contributed by atoms with Gasteiger partial charge in [0.2, 0.25) is 0 Å². The molecule has 1 aliphatic heterocycles. The van der Waals surface area contributed by atoms with Crippen molar-refractivity contribution in [1.82, 2.24) is 4.31 Å². The molecule has 1 aliphatic rings. The molecule has 0 aromatic carbocycles. The first-order chi connectivity index (χ1) is 6.89. The predicted molar refractivity (Wildman–Crippen MR) is 50.9 cm³/mol. The van der Waals surface area contributed by atoms with Gasteiger partial charge in [0.1, 0.15) is 0 Å². The van der Waals surface area contributed by atoms with Crippen molar-refractivity contribution in [2.45, 2.75) is 31.6 Å². The van der Waals surface area contributed by atoms with Crippen molar-refractivity contribution < 1.29 is 22.3 Å². The number of aliphatic hydroxyl groups excluding tert-OH is 1. The number of aliphatic hydroxyl groups is 1. The Labute approximate surface area is 87.9 Å². The normalized spacial score (nSPS) is 29.7. The second kappa shape index (κ2) is 4.71. The number of rotatable bonds is 3. The molecule has 90 valence electrons. The summed E-state index contributed by atoms with van der Waals surface area (Å²) in [7, 11) is -4.48. The Morgan fingerprint density at radius 3 is 2.60 bits per heavy atom. The Balaban J connectivity index is 2.75. The molecule has 0 bridgehead atoms. The Hall–Kier alpha value is -0.270. The third kappa shape index (κ3) is 2.64. The largest absolute Gasteiger partial charge is 0.393 e. The fourth-order valence-electron chi connectivity index (χ4n) is 1.73. The fraction of sp³-hybridized carbons (Fsp3) is 1.00. The Morgan fingerprint density at radius 1 is 1.53 bits per heavy atom. The summed E-state index contributed by atoms with van der Waals surface area (Å²) in [6.07, 6.45) is 0.222. The van der Waals surface area contributed by atoms with Crippen LogP contribution in [-0.4, -0.2) is 42.8 Å². The van der Waals surface area contributed by atoms with Crippen LogP contribution in [0.4, 0.5) is 8.78 Å². The highest BCUT2D eigenvalue weighted by Crippen LogP contribution is 2.24. The van der Waals surface area contributed by atoms with Gasteiger partial charge in [0.05, 0.1) is 6.10 Å². The summed E-state index contributed by atoms with van der Waals surface area (Å²) in [4.78, 5) is 0. The minimum Gasteiger partial charge on any atom is -0.393 e. The summed E-state index contributed by atoms with van der Waals surface area (Å²) in [5.74, 6) is -3.61. The van der Waals surface area contributed by atoms with Crippen LogP contribution in [0.5, 0.6) is 0 Å². The van der Waals surface area contributed by atoms with Crippen LogP contribution < -0.4 is 0 Å². The van der Waals surface area contributed by atoms with Gasteiger partial charge < -0.3 is 5.11 Å². The zero-order chi connectivity index (χ0) is 11.6. The van der Waals surface area contributed by atoms with Gasteiger partial charge in [-0.2, -0.15) is 13.1 Å². The van der Waals surface area contributed by atoms with E-state index >= 15 is 0 Å². The third-order valence-corrected chi connectivity index (χ3v) is 4.27. The molecule has 0 amide bonds. The zero-order valence-corrected chi connectivity index (χ0v) is 9.25. The van der Waals surface area contributed by atoms with E-state index in [2.05, 4.69) is 0 Å². The molecule has 2 atom stereocenters. The second-order valence-electron chi connectivity index (χ2n) is 3.69. The van der Waals surface area contributed by atoms with Gasteiger partial charge in [-0.1, -0.05) is 6.92 Å². The lowest BCUT2D eigenvalue weighted by molar-refractivity contribution is 0.0496. The van der Waals surface area contributed by atoms with Crippen LogP contribution in [0.15, 0.2) is 0 Å². The molecule has 15 heavy (non-hydrogen) atoms. The summed E-state index contributed by atoms with van der Waals surface area (Å²) in [6, 6.07) is 0. The van der Waals surface area contributed by atoms with Crippen molar-refractivity contribution in [2.24, 2.45) is 5.92 Å². The van der Waals surface area contributed by atoms with Crippen LogP contribution in [0, 0.1) is 5.92 Å². The van der Waals surface area contributed by atoms with Crippen molar-refractivity contribution in [3.63, 3.8) is 0 Å². The van der Waals surface area contributed by atoms with Crippen LogP contribution in [0.25, 0.3) is 0 Å². The minimum absolute atomic E-state index is 0.00958. The summed E-state index contributed by atoms with van der Waals surface area (Å²) in [6.45, 7) is 1.76. The van der Waals surface area contributed by atoms with E-state index in [0.717, 1.165) is 4.31 Å². The number of hydrogen-bond acceptors (Lipinski definition) is 3. The van der Waals surface area contributed by atoms with Crippen molar-refractivity contribution >= 4 is 10.0 Å². The first-order valence-corrected chi connectivity index (χ1v) is 6.35. The molecular weight excluding hydrogens is 228 g/mol. The molecule has 7 heteroatoms. The molecule has 1 heterocycles. The van der Waals surface area contributed by atoms with Gasteiger partial charge in [-0.05, 0) is 18.8 Å². The van der Waals surface area contributed by atoms with Crippen LogP contribution >= 0.6 is 0 Å². The maximum atomic E-state index is 12.2. The SMILES string of the molecule is CCC1CN(S(=O)(=O)C(F)F)CCC1O. The molecule has 0 aromatic heterocycles. The molecule has 1 N–H and O–H groups in total. The van der Waals surface area contributed by atoms with E-state index in [0.29, 0.717) is 6.42 Å². The van der Waals surface area contributed by atoms with Gasteiger partial charge >= 0.3 is 5.76 Å². The molecule has 0 spiro atoms. The molecular formula is C8H15F2NO3S. The number of nitrogens with zero attached hydrogens (tertiary/aromatic N) is 1. The number of alkyl halides is 2. The third-order valence-electron chi connectivity index (χ3n) is 2.77. The van der Waals surface area contributed by atoms with Crippen molar-refractivity contribution in [1.29, 1.82) is 0 Å². The molecule has 0 saturated carbocycles. The van der Waals surface area contributed by atoms with Gasteiger partial charge in [0.25, 0.3) is 10.0 Å². The Kier molecular flexibility index (Phi) is 4.02.